The Labute approximate surface area is 151 Å². The first-order valence-electron chi connectivity index (χ1n) is 6.95. The summed E-state index contributed by atoms with van der Waals surface area (Å²) in [5.74, 6) is -0.0625. The molecule has 0 spiro atoms. The molecule has 0 saturated heterocycles. The van der Waals surface area contributed by atoms with Gasteiger partial charge in [0, 0.05) is 32.4 Å². The normalized spacial score (nSPS) is 15.5. The van der Waals surface area contributed by atoms with E-state index < -0.39 is 0 Å². The molecule has 0 amide bonds. The molecule has 4 nitrogen and oxygen atoms in total. The van der Waals surface area contributed by atoms with E-state index in [1.54, 1.807) is 12.5 Å². The number of carbonyl (C=O) groups excluding carboxylic acids is 1. The summed E-state index contributed by atoms with van der Waals surface area (Å²) in [4.78, 5) is 18.2. The molecule has 0 unspecified atom stereocenters. The molecule has 0 saturated carbocycles. The molecule has 1 aromatic heterocycles. The Morgan fingerprint density at radius 1 is 1.30 bits per heavy atom. The molecule has 0 aromatic carbocycles. The van der Waals surface area contributed by atoms with E-state index >= 15 is 0 Å². The van der Waals surface area contributed by atoms with E-state index in [0.717, 1.165) is 11.3 Å². The molecule has 2 rings (SSSR count). The fourth-order valence-electron chi connectivity index (χ4n) is 1.89. The van der Waals surface area contributed by atoms with Gasteiger partial charge in [-0.15, -0.1) is 11.6 Å². The van der Waals surface area contributed by atoms with Crippen molar-refractivity contribution in [1.82, 2.24) is 9.97 Å². The van der Waals surface area contributed by atoms with Gasteiger partial charge in [0.2, 0.25) is 0 Å². The standard InChI is InChI=1S/C13H13N2.C5H8O2.Ir/c1-13(2)8-5-3-4-6-11(13)12-7-9-14-10-15-12;1-4(6)3-5(2)7;/h3-5,7-10H,1-2H3;3,6H,1-2H3;/q-1;;/b;4-3-;. The van der Waals surface area contributed by atoms with E-state index in [1.807, 2.05) is 24.3 Å². The van der Waals surface area contributed by atoms with E-state index in [2.05, 4.69) is 36.0 Å². The predicted molar refractivity (Wildman–Crippen MR) is 87.8 cm³/mol. The Kier molecular flexibility index (Phi) is 9.23. The molecular weight excluding hydrogens is 468 g/mol. The van der Waals surface area contributed by atoms with Gasteiger partial charge in [-0.3, -0.25) is 4.79 Å². The zero-order valence-corrected chi connectivity index (χ0v) is 16.1. The van der Waals surface area contributed by atoms with Gasteiger partial charge in [-0.25, -0.2) is 4.98 Å². The van der Waals surface area contributed by atoms with Gasteiger partial charge < -0.3 is 10.1 Å². The molecule has 1 aliphatic carbocycles. The summed E-state index contributed by atoms with van der Waals surface area (Å²) >= 11 is 0. The Morgan fingerprint density at radius 2 is 2.00 bits per heavy atom. The number of aliphatic hydroxyl groups excluding tert-OH is 1. The minimum atomic E-state index is -0.125. The van der Waals surface area contributed by atoms with Gasteiger partial charge in [0.05, 0.1) is 5.76 Å². The average Bonchev–Trinajstić information content (AvgIpc) is 2.59. The Morgan fingerprint density at radius 3 is 2.48 bits per heavy atom. The summed E-state index contributed by atoms with van der Waals surface area (Å²) in [6.45, 7) is 7.16. The second-order valence-corrected chi connectivity index (χ2v) is 5.45. The largest absolute Gasteiger partial charge is 0.512 e. The maximum absolute atomic E-state index is 10.0. The van der Waals surface area contributed by atoms with Crippen LogP contribution >= 0.6 is 0 Å². The van der Waals surface area contributed by atoms with Crippen molar-refractivity contribution >= 4 is 11.4 Å². The summed E-state index contributed by atoms with van der Waals surface area (Å²) in [5.41, 5.74) is 1.98. The number of allylic oxidation sites excluding steroid dienone is 8. The first kappa shape index (κ1) is 21.2. The Hall–Kier alpha value is -1.84. The maximum atomic E-state index is 10.0. The van der Waals surface area contributed by atoms with Crippen molar-refractivity contribution in [2.24, 2.45) is 5.41 Å². The predicted octanol–water partition coefficient (Wildman–Crippen LogP) is 3.85. The smallest absolute Gasteiger partial charge is 0.155 e. The van der Waals surface area contributed by atoms with Gasteiger partial charge in [-0.1, -0.05) is 26.0 Å². The minimum absolute atomic E-state index is 0. The van der Waals surface area contributed by atoms with Crippen LogP contribution in [-0.4, -0.2) is 20.9 Å². The third-order valence-electron chi connectivity index (χ3n) is 2.84. The number of aromatic nitrogens is 2. The minimum Gasteiger partial charge on any atom is -0.512 e. The van der Waals surface area contributed by atoms with Crippen molar-refractivity contribution in [3.8, 4) is 0 Å². The maximum Gasteiger partial charge on any atom is 0.155 e. The zero-order valence-electron chi connectivity index (χ0n) is 13.7. The quantitative estimate of drug-likeness (QED) is 0.390. The van der Waals surface area contributed by atoms with Crippen LogP contribution in [0.1, 0.15) is 33.4 Å². The summed E-state index contributed by atoms with van der Waals surface area (Å²) in [6.07, 6.45) is 15.9. The van der Waals surface area contributed by atoms with Gasteiger partial charge >= 0.3 is 0 Å². The first-order chi connectivity index (χ1) is 10.3. The van der Waals surface area contributed by atoms with E-state index in [1.165, 1.54) is 19.9 Å². The molecule has 0 bridgehead atoms. The van der Waals surface area contributed by atoms with Crippen molar-refractivity contribution in [3.63, 3.8) is 0 Å². The Bertz CT molecular complexity index is 626. The van der Waals surface area contributed by atoms with E-state index in [0.29, 0.717) is 0 Å². The van der Waals surface area contributed by atoms with Crippen LogP contribution in [0.3, 0.4) is 0 Å². The third kappa shape index (κ3) is 7.82. The molecular formula is C18H21IrN2O2-. The van der Waals surface area contributed by atoms with Crippen LogP contribution in [-0.2, 0) is 24.9 Å². The average molecular weight is 490 g/mol. The molecule has 1 aliphatic rings. The van der Waals surface area contributed by atoms with Crippen molar-refractivity contribution in [1.29, 1.82) is 0 Å². The number of carbonyl (C=O) groups is 1. The van der Waals surface area contributed by atoms with Crippen molar-refractivity contribution < 1.29 is 30.0 Å². The van der Waals surface area contributed by atoms with Gasteiger partial charge in [0.25, 0.3) is 0 Å². The van der Waals surface area contributed by atoms with Gasteiger partial charge in [-0.2, -0.15) is 18.2 Å². The number of ketones is 1. The molecule has 125 valence electrons. The second-order valence-electron chi connectivity index (χ2n) is 5.45. The van der Waals surface area contributed by atoms with Crippen molar-refractivity contribution in [2.75, 3.05) is 0 Å². The molecule has 1 radical (unpaired) electrons. The monoisotopic (exact) mass is 490 g/mol. The van der Waals surface area contributed by atoms with Crippen LogP contribution in [0, 0.1) is 11.5 Å². The molecule has 1 N–H and O–H groups in total. The number of hydrogen-bond donors (Lipinski definition) is 1. The summed E-state index contributed by atoms with van der Waals surface area (Å²) in [7, 11) is 0. The summed E-state index contributed by atoms with van der Waals surface area (Å²) < 4.78 is 0. The number of nitrogens with zero attached hydrogens (tertiary/aromatic N) is 2. The third-order valence-corrected chi connectivity index (χ3v) is 2.84. The van der Waals surface area contributed by atoms with Crippen LogP contribution in [0.25, 0.3) is 5.57 Å². The number of aliphatic hydroxyl groups is 1. The molecule has 23 heavy (non-hydrogen) atoms. The molecule has 0 atom stereocenters. The van der Waals surface area contributed by atoms with Crippen LogP contribution < -0.4 is 0 Å². The van der Waals surface area contributed by atoms with Crippen LogP contribution in [0.2, 0.25) is 0 Å². The topological polar surface area (TPSA) is 63.1 Å². The summed E-state index contributed by atoms with van der Waals surface area (Å²) in [6, 6.07) is 1.91. The van der Waals surface area contributed by atoms with Crippen LogP contribution in [0.4, 0.5) is 0 Å². The zero-order chi connectivity index (χ0) is 16.6. The first-order valence-corrected chi connectivity index (χ1v) is 6.95. The van der Waals surface area contributed by atoms with Gasteiger partial charge in [0.15, 0.2) is 5.78 Å². The number of hydrogen-bond acceptors (Lipinski definition) is 4. The fraction of sp³-hybridized carbons (Fsp3) is 0.278. The van der Waals surface area contributed by atoms with E-state index in [-0.39, 0.29) is 37.1 Å². The van der Waals surface area contributed by atoms with Crippen molar-refractivity contribution in [3.05, 3.63) is 66.5 Å². The van der Waals surface area contributed by atoms with E-state index in [4.69, 9.17) is 5.11 Å². The fourth-order valence-corrected chi connectivity index (χ4v) is 1.89. The number of rotatable bonds is 2. The second kappa shape index (κ2) is 10.0. The van der Waals surface area contributed by atoms with Gasteiger partial charge in [0.1, 0.15) is 6.33 Å². The van der Waals surface area contributed by atoms with Crippen LogP contribution in [0.5, 0.6) is 0 Å². The molecule has 1 aromatic rings. The van der Waals surface area contributed by atoms with Crippen LogP contribution in [0.15, 0.2) is 54.7 Å². The molecule has 1 heterocycles. The molecule has 5 heteroatoms. The summed E-state index contributed by atoms with van der Waals surface area (Å²) in [5, 5.41) is 8.36. The molecule has 0 aliphatic heterocycles. The van der Waals surface area contributed by atoms with E-state index in [9.17, 15) is 4.79 Å². The Balaban J connectivity index is 0.000000522. The molecule has 0 fully saturated rings. The van der Waals surface area contributed by atoms with Gasteiger partial charge in [-0.05, 0) is 25.0 Å². The van der Waals surface area contributed by atoms with Crippen molar-refractivity contribution in [2.45, 2.75) is 27.7 Å². The SMILES string of the molecule is CC(=O)/C=C(/C)O.CC1(C)C=CC=C[C-]=C1c1ccncn1.[Ir].